The minimum atomic E-state index is -3.73. The molecule has 4 bridgehead atoms. The number of hydroxylamine groups is 2. The van der Waals surface area contributed by atoms with Crippen LogP contribution in [0, 0.1) is 0 Å². The second-order valence-electron chi connectivity index (χ2n) is 2.93. The lowest BCUT2D eigenvalue weighted by atomic mass is 10.4. The van der Waals surface area contributed by atoms with E-state index < -0.39 is 27.5 Å². The van der Waals surface area contributed by atoms with Gasteiger partial charge in [-0.3, -0.25) is 5.73 Å². The maximum Gasteiger partial charge on any atom is 0.516 e. The maximum absolute atomic E-state index is 11.3. The smallest absolute Gasteiger partial charge is 0.273 e. The molecule has 78 valence electrons. The van der Waals surface area contributed by atoms with Crippen LogP contribution in [0.3, 0.4) is 0 Å². The van der Waals surface area contributed by atoms with E-state index >= 15 is 0 Å². The summed E-state index contributed by atoms with van der Waals surface area (Å²) in [4.78, 5) is 0. The topological polar surface area (TPSA) is 119 Å². The van der Waals surface area contributed by atoms with Crippen molar-refractivity contribution in [2.75, 3.05) is 0 Å². The Morgan fingerprint density at radius 2 is 1.57 bits per heavy atom. The van der Waals surface area contributed by atoms with Crippen LogP contribution in [0.1, 0.15) is 0 Å². The van der Waals surface area contributed by atoms with Crippen molar-refractivity contribution >= 4 is 15.6 Å². The Kier molecular flexibility index (Phi) is 1.05. The van der Waals surface area contributed by atoms with Gasteiger partial charge in [0, 0.05) is 5.23 Å². The second-order valence-corrected chi connectivity index (χ2v) is 5.78. The number of hydrogen-bond donors (Lipinski definition) is 1. The molecule has 1 spiro atoms. The second kappa shape index (κ2) is 1.76. The van der Waals surface area contributed by atoms with Crippen molar-refractivity contribution in [3.05, 3.63) is 0 Å². The molecule has 6 saturated heterocycles. The third-order valence-electron chi connectivity index (χ3n) is 1.99. The summed E-state index contributed by atoms with van der Waals surface area (Å²) in [6.45, 7) is 0. The SMILES string of the molecule is NC12OP3(=O)ON(O3)C13OP(=O)(O2)O3. The molecule has 6 heterocycles. The molecule has 0 radical (unpaired) electrons. The van der Waals surface area contributed by atoms with Crippen LogP contribution >= 0.6 is 15.6 Å². The van der Waals surface area contributed by atoms with E-state index in [1.807, 2.05) is 0 Å². The molecule has 10 nitrogen and oxygen atoms in total. The first-order chi connectivity index (χ1) is 6.39. The Bertz CT molecular complexity index is 427. The molecule has 0 saturated carbocycles. The molecular formula is C2H2N2O8P2. The van der Waals surface area contributed by atoms with E-state index in [1.54, 1.807) is 0 Å². The average molecular weight is 244 g/mol. The lowest BCUT2D eigenvalue weighted by molar-refractivity contribution is -0.555. The van der Waals surface area contributed by atoms with E-state index in [0.29, 0.717) is 5.23 Å². The lowest BCUT2D eigenvalue weighted by Crippen LogP contribution is -2.74. The summed E-state index contributed by atoms with van der Waals surface area (Å²) in [5.41, 5.74) is 5.49. The third-order valence-corrected chi connectivity index (χ3v) is 4.62. The fourth-order valence-electron chi connectivity index (χ4n) is 1.46. The van der Waals surface area contributed by atoms with Crippen LogP contribution in [0.2, 0.25) is 0 Å². The van der Waals surface area contributed by atoms with E-state index in [-0.39, 0.29) is 0 Å². The Labute approximate surface area is 75.9 Å². The van der Waals surface area contributed by atoms with Crippen molar-refractivity contribution in [2.45, 2.75) is 11.8 Å². The van der Waals surface area contributed by atoms with E-state index in [2.05, 4.69) is 18.3 Å². The van der Waals surface area contributed by atoms with Crippen molar-refractivity contribution in [1.29, 1.82) is 0 Å². The van der Waals surface area contributed by atoms with Crippen LogP contribution in [0.15, 0.2) is 0 Å². The molecule has 6 fully saturated rings. The van der Waals surface area contributed by atoms with E-state index in [9.17, 15) is 9.13 Å². The predicted molar refractivity (Wildman–Crippen MR) is 33.2 cm³/mol. The maximum atomic E-state index is 11.3. The number of phosphoric ester groups is 1. The zero-order valence-corrected chi connectivity index (χ0v) is 7.97. The van der Waals surface area contributed by atoms with Gasteiger partial charge in [0.1, 0.15) is 0 Å². The molecule has 1 unspecified atom stereocenters. The molecule has 6 aliphatic rings. The molecule has 0 aromatic carbocycles. The van der Waals surface area contributed by atoms with Gasteiger partial charge in [-0.1, -0.05) is 0 Å². The number of phosphoric acid groups is 2. The zero-order valence-electron chi connectivity index (χ0n) is 6.18. The number of nitrogens with zero attached hydrogens (tertiary/aromatic N) is 1. The van der Waals surface area contributed by atoms with Gasteiger partial charge in [-0.2, -0.15) is 9.25 Å². The van der Waals surface area contributed by atoms with E-state index in [4.69, 9.17) is 14.8 Å². The van der Waals surface area contributed by atoms with Gasteiger partial charge in [0.2, 0.25) is 0 Å². The normalized spacial score (nSPS) is 73.4. The largest absolute Gasteiger partial charge is 0.516 e. The average Bonchev–Trinajstić information content (AvgIpc) is 2.25. The Morgan fingerprint density at radius 3 is 2.21 bits per heavy atom. The van der Waals surface area contributed by atoms with Crippen LogP contribution in [0.5, 0.6) is 0 Å². The fourth-order valence-corrected chi connectivity index (χ4v) is 4.23. The van der Waals surface area contributed by atoms with Gasteiger partial charge in [-0.05, 0) is 0 Å². The number of rotatable bonds is 0. The van der Waals surface area contributed by atoms with Crippen molar-refractivity contribution in [3.8, 4) is 0 Å². The molecule has 12 heteroatoms. The van der Waals surface area contributed by atoms with Crippen LogP contribution in [-0.2, 0) is 36.5 Å². The summed E-state index contributed by atoms with van der Waals surface area (Å²) in [6.07, 6.45) is 0. The summed E-state index contributed by atoms with van der Waals surface area (Å²) in [7, 11) is -7.42. The standard InChI is InChI=1S/C2H2N2O8P2/c3-1-2(9-13(5,7-1)10-2)4-11-14(6,8-1)12-4/h3H2. The van der Waals surface area contributed by atoms with Gasteiger partial charge >= 0.3 is 27.5 Å². The lowest BCUT2D eigenvalue weighted by Gasteiger charge is -2.52. The van der Waals surface area contributed by atoms with Gasteiger partial charge in [0.15, 0.2) is 0 Å². The van der Waals surface area contributed by atoms with Crippen LogP contribution in [0.25, 0.3) is 0 Å². The molecule has 0 amide bonds. The molecule has 0 aromatic rings. The van der Waals surface area contributed by atoms with Gasteiger partial charge in [0.05, 0.1) is 0 Å². The molecule has 0 aliphatic carbocycles. The fraction of sp³-hybridized carbons (Fsp3) is 1.00. The first-order valence-corrected chi connectivity index (χ1v) is 6.33. The van der Waals surface area contributed by atoms with E-state index in [1.165, 1.54) is 0 Å². The van der Waals surface area contributed by atoms with Gasteiger partial charge in [0.25, 0.3) is 0 Å². The quantitative estimate of drug-likeness (QED) is 0.571. The number of nitrogens with two attached hydrogens (primary N) is 1. The van der Waals surface area contributed by atoms with E-state index in [0.717, 1.165) is 0 Å². The zero-order chi connectivity index (χ0) is 9.82. The van der Waals surface area contributed by atoms with Crippen molar-refractivity contribution in [2.24, 2.45) is 5.73 Å². The molecule has 2 N–H and O–H groups in total. The third kappa shape index (κ3) is 0.624. The highest BCUT2D eigenvalue weighted by atomic mass is 31.2. The summed E-state index contributed by atoms with van der Waals surface area (Å²) >= 11 is 0. The number of hydrogen-bond acceptors (Lipinski definition) is 10. The minimum absolute atomic E-state index is 0.570. The first-order valence-electron chi connectivity index (χ1n) is 3.40. The van der Waals surface area contributed by atoms with Crippen LogP contribution in [-0.4, -0.2) is 17.0 Å². The van der Waals surface area contributed by atoms with Crippen molar-refractivity contribution in [1.82, 2.24) is 5.23 Å². The highest BCUT2D eigenvalue weighted by Crippen LogP contribution is 2.85. The highest BCUT2D eigenvalue weighted by Gasteiger charge is 2.91. The molecule has 0 aromatic heterocycles. The Morgan fingerprint density at radius 1 is 1.00 bits per heavy atom. The Hall–Kier alpha value is 0.140. The molecule has 1 atom stereocenters. The molecule has 6 rings (SSSR count). The first kappa shape index (κ1) is 8.31. The summed E-state index contributed by atoms with van der Waals surface area (Å²) in [6, 6.07) is 0. The Balaban J connectivity index is 1.89. The molecule has 6 aliphatic heterocycles. The monoisotopic (exact) mass is 244 g/mol. The summed E-state index contributed by atoms with van der Waals surface area (Å²) < 4.78 is 50.4. The minimum Gasteiger partial charge on any atom is -0.273 e. The molecule has 14 heavy (non-hydrogen) atoms. The van der Waals surface area contributed by atoms with Crippen molar-refractivity contribution < 1.29 is 36.5 Å². The summed E-state index contributed by atoms with van der Waals surface area (Å²) in [5, 5.41) is 0.570. The summed E-state index contributed by atoms with van der Waals surface area (Å²) in [5.74, 6) is -3.93. The van der Waals surface area contributed by atoms with Crippen molar-refractivity contribution in [3.63, 3.8) is 0 Å². The van der Waals surface area contributed by atoms with Gasteiger partial charge in [-0.25, -0.2) is 27.2 Å². The van der Waals surface area contributed by atoms with Gasteiger partial charge in [-0.15, -0.1) is 0 Å². The van der Waals surface area contributed by atoms with Gasteiger partial charge < -0.3 is 0 Å². The van der Waals surface area contributed by atoms with Crippen LogP contribution in [0.4, 0.5) is 0 Å². The molecular weight excluding hydrogens is 242 g/mol. The predicted octanol–water partition coefficient (Wildman–Crippen LogP) is -0.245. The highest BCUT2D eigenvalue weighted by molar-refractivity contribution is 7.51. The van der Waals surface area contributed by atoms with Crippen LogP contribution < -0.4 is 5.73 Å².